The van der Waals surface area contributed by atoms with Crippen molar-refractivity contribution in [3.05, 3.63) is 23.9 Å². The molecular formula is C20H27N3O4. The van der Waals surface area contributed by atoms with Crippen LogP contribution in [0, 0.1) is 5.92 Å². The highest BCUT2D eigenvalue weighted by Gasteiger charge is 2.30. The van der Waals surface area contributed by atoms with E-state index in [0.717, 1.165) is 37.3 Å². The fourth-order valence-corrected chi connectivity index (χ4v) is 3.53. The second-order valence-electron chi connectivity index (χ2n) is 8.25. The first-order valence-corrected chi connectivity index (χ1v) is 9.50. The largest absolute Gasteiger partial charge is 0.460 e. The molecular weight excluding hydrogens is 346 g/mol. The Morgan fingerprint density at radius 3 is 2.44 bits per heavy atom. The van der Waals surface area contributed by atoms with Crippen molar-refractivity contribution in [1.29, 1.82) is 0 Å². The van der Waals surface area contributed by atoms with Gasteiger partial charge in [-0.25, -0.2) is 4.98 Å². The zero-order chi connectivity index (χ0) is 19.6. The average molecular weight is 373 g/mol. The lowest BCUT2D eigenvalue weighted by Gasteiger charge is -2.33. The summed E-state index contributed by atoms with van der Waals surface area (Å²) in [5, 5.41) is 2.38. The van der Waals surface area contributed by atoms with Crippen molar-refractivity contribution in [3.63, 3.8) is 0 Å². The Morgan fingerprint density at radius 1 is 1.19 bits per heavy atom. The number of rotatable bonds is 3. The first-order chi connectivity index (χ1) is 12.7. The van der Waals surface area contributed by atoms with Gasteiger partial charge in [-0.1, -0.05) is 6.07 Å². The molecule has 2 aliphatic rings. The molecule has 3 heterocycles. The summed E-state index contributed by atoms with van der Waals surface area (Å²) in [4.78, 5) is 42.1. The summed E-state index contributed by atoms with van der Waals surface area (Å²) in [5.74, 6) is -0.130. The molecule has 7 nitrogen and oxygen atoms in total. The lowest BCUT2D eigenvalue weighted by Crippen LogP contribution is -2.40. The fourth-order valence-electron chi connectivity index (χ4n) is 3.53. The molecule has 0 bridgehead atoms. The number of esters is 1. The third kappa shape index (κ3) is 4.84. The quantitative estimate of drug-likeness (QED) is 0.645. The number of hydrogen-bond donors (Lipinski definition) is 1. The fraction of sp³-hybridized carbons (Fsp3) is 0.600. The van der Waals surface area contributed by atoms with Crippen LogP contribution < -0.4 is 10.2 Å². The molecule has 2 saturated heterocycles. The molecule has 2 fully saturated rings. The predicted octanol–water partition coefficient (Wildman–Crippen LogP) is 2.16. The van der Waals surface area contributed by atoms with Gasteiger partial charge >= 0.3 is 5.97 Å². The van der Waals surface area contributed by atoms with E-state index >= 15 is 0 Å². The molecule has 1 aromatic heterocycles. The van der Waals surface area contributed by atoms with Crippen molar-refractivity contribution in [2.24, 2.45) is 5.92 Å². The minimum absolute atomic E-state index is 0.0665. The van der Waals surface area contributed by atoms with E-state index in [1.165, 1.54) is 0 Å². The summed E-state index contributed by atoms with van der Waals surface area (Å²) >= 11 is 0. The summed E-state index contributed by atoms with van der Waals surface area (Å²) in [6.07, 6.45) is 4.08. The topological polar surface area (TPSA) is 88.6 Å². The molecule has 0 aliphatic carbocycles. The van der Waals surface area contributed by atoms with Gasteiger partial charge in [0, 0.05) is 25.7 Å². The summed E-state index contributed by atoms with van der Waals surface area (Å²) in [6.45, 7) is 7.14. The molecule has 1 aromatic rings. The summed E-state index contributed by atoms with van der Waals surface area (Å²) < 4.78 is 5.48. The van der Waals surface area contributed by atoms with Crippen LogP contribution in [-0.4, -0.2) is 41.5 Å². The van der Waals surface area contributed by atoms with Crippen LogP contribution in [0.5, 0.6) is 0 Å². The molecule has 0 spiro atoms. The Balaban J connectivity index is 1.57. The van der Waals surface area contributed by atoms with Gasteiger partial charge in [-0.05, 0) is 51.7 Å². The average Bonchev–Trinajstić information content (AvgIpc) is 2.61. The van der Waals surface area contributed by atoms with E-state index in [4.69, 9.17) is 4.74 Å². The molecule has 1 N–H and O–H groups in total. The highest BCUT2D eigenvalue weighted by Crippen LogP contribution is 2.28. The number of hydrogen-bond acceptors (Lipinski definition) is 6. The second-order valence-corrected chi connectivity index (χ2v) is 8.25. The van der Waals surface area contributed by atoms with Crippen LogP contribution in [0.3, 0.4) is 0 Å². The first-order valence-electron chi connectivity index (χ1n) is 9.50. The summed E-state index contributed by atoms with van der Waals surface area (Å²) in [6, 6.07) is 3.81. The zero-order valence-corrected chi connectivity index (χ0v) is 16.2. The SMILES string of the molecule is CC(C)(C)OC(=O)C1CCN(c2ccc(C3CCC(=O)NC3=O)cn2)CC1. The minimum atomic E-state index is -0.457. The lowest BCUT2D eigenvalue weighted by molar-refractivity contribution is -0.160. The van der Waals surface area contributed by atoms with Crippen LogP contribution in [0.2, 0.25) is 0 Å². The Bertz CT molecular complexity index is 716. The van der Waals surface area contributed by atoms with E-state index in [-0.39, 0.29) is 29.6 Å². The van der Waals surface area contributed by atoms with Crippen molar-refractivity contribution in [2.45, 2.75) is 58.0 Å². The van der Waals surface area contributed by atoms with Gasteiger partial charge in [0.25, 0.3) is 0 Å². The number of imide groups is 1. The molecule has 1 unspecified atom stereocenters. The molecule has 27 heavy (non-hydrogen) atoms. The number of nitrogens with zero attached hydrogens (tertiary/aromatic N) is 2. The van der Waals surface area contributed by atoms with E-state index in [1.54, 1.807) is 6.20 Å². The van der Waals surface area contributed by atoms with Crippen molar-refractivity contribution in [1.82, 2.24) is 10.3 Å². The van der Waals surface area contributed by atoms with Crippen LogP contribution in [0.25, 0.3) is 0 Å². The van der Waals surface area contributed by atoms with Crippen molar-refractivity contribution in [2.75, 3.05) is 18.0 Å². The number of pyridine rings is 1. The highest BCUT2D eigenvalue weighted by atomic mass is 16.6. The maximum absolute atomic E-state index is 12.2. The third-order valence-electron chi connectivity index (χ3n) is 4.97. The van der Waals surface area contributed by atoms with Gasteiger partial charge in [0.15, 0.2) is 0 Å². The van der Waals surface area contributed by atoms with Crippen molar-refractivity contribution >= 4 is 23.6 Å². The monoisotopic (exact) mass is 373 g/mol. The molecule has 7 heteroatoms. The summed E-state index contributed by atoms with van der Waals surface area (Å²) in [7, 11) is 0. The minimum Gasteiger partial charge on any atom is -0.460 e. The molecule has 0 saturated carbocycles. The van der Waals surface area contributed by atoms with Crippen LogP contribution in [0.4, 0.5) is 5.82 Å². The van der Waals surface area contributed by atoms with Crippen LogP contribution in [0.15, 0.2) is 18.3 Å². The van der Waals surface area contributed by atoms with Gasteiger partial charge in [0.2, 0.25) is 11.8 Å². The lowest BCUT2D eigenvalue weighted by atomic mass is 9.91. The van der Waals surface area contributed by atoms with E-state index < -0.39 is 5.60 Å². The standard InChI is InChI=1S/C20H27N3O4/c1-20(2,3)27-19(26)13-8-10-23(11-9-13)16-6-4-14(12-21-16)15-5-7-17(24)22-18(15)25/h4,6,12-13,15H,5,7-11H2,1-3H3,(H,22,24,25). The second kappa shape index (κ2) is 7.66. The summed E-state index contributed by atoms with van der Waals surface area (Å²) in [5.41, 5.74) is 0.370. The Morgan fingerprint density at radius 2 is 1.89 bits per heavy atom. The molecule has 2 aliphatic heterocycles. The number of ether oxygens (including phenoxy) is 1. The highest BCUT2D eigenvalue weighted by molar-refractivity contribution is 6.00. The maximum atomic E-state index is 12.2. The molecule has 146 valence electrons. The number of piperidine rings is 2. The molecule has 0 aromatic carbocycles. The first kappa shape index (κ1) is 19.3. The van der Waals surface area contributed by atoms with Crippen molar-refractivity contribution in [3.8, 4) is 0 Å². The van der Waals surface area contributed by atoms with Crippen LogP contribution >= 0.6 is 0 Å². The number of aromatic nitrogens is 1. The number of carbonyl (C=O) groups excluding carboxylic acids is 3. The normalized spacial score (nSPS) is 21.7. The maximum Gasteiger partial charge on any atom is 0.309 e. The number of anilines is 1. The molecule has 3 rings (SSSR count). The van der Waals surface area contributed by atoms with E-state index in [1.807, 2.05) is 32.9 Å². The van der Waals surface area contributed by atoms with Gasteiger partial charge in [-0.15, -0.1) is 0 Å². The van der Waals surface area contributed by atoms with Gasteiger partial charge in [-0.2, -0.15) is 0 Å². The van der Waals surface area contributed by atoms with Crippen LogP contribution in [-0.2, 0) is 19.1 Å². The zero-order valence-electron chi connectivity index (χ0n) is 16.2. The van der Waals surface area contributed by atoms with E-state index in [9.17, 15) is 14.4 Å². The molecule has 1 atom stereocenters. The Hall–Kier alpha value is -2.44. The van der Waals surface area contributed by atoms with Gasteiger partial charge in [0.1, 0.15) is 11.4 Å². The van der Waals surface area contributed by atoms with Gasteiger partial charge in [0.05, 0.1) is 11.8 Å². The molecule has 2 amide bonds. The number of amides is 2. The van der Waals surface area contributed by atoms with E-state index in [2.05, 4.69) is 15.2 Å². The van der Waals surface area contributed by atoms with Gasteiger partial charge in [-0.3, -0.25) is 19.7 Å². The number of carbonyl (C=O) groups is 3. The van der Waals surface area contributed by atoms with E-state index in [0.29, 0.717) is 12.8 Å². The third-order valence-corrected chi connectivity index (χ3v) is 4.97. The van der Waals surface area contributed by atoms with Gasteiger partial charge < -0.3 is 9.64 Å². The van der Waals surface area contributed by atoms with Crippen LogP contribution in [0.1, 0.15) is 57.9 Å². The smallest absolute Gasteiger partial charge is 0.309 e. The number of nitrogens with one attached hydrogen (secondary N) is 1. The Kier molecular flexibility index (Phi) is 5.48. The predicted molar refractivity (Wildman–Crippen MR) is 100 cm³/mol. The Labute approximate surface area is 159 Å². The van der Waals surface area contributed by atoms with Crippen molar-refractivity contribution < 1.29 is 19.1 Å². The molecule has 0 radical (unpaired) electrons.